The molecule has 1 amide bonds. The molecule has 1 atom stereocenters. The lowest BCUT2D eigenvalue weighted by molar-refractivity contribution is -0.214. The van der Waals surface area contributed by atoms with Crippen molar-refractivity contribution in [2.75, 3.05) is 19.7 Å². The van der Waals surface area contributed by atoms with Gasteiger partial charge >= 0.3 is 12.3 Å². The summed E-state index contributed by atoms with van der Waals surface area (Å²) in [5, 5.41) is 13.4. The summed E-state index contributed by atoms with van der Waals surface area (Å²) in [4.78, 5) is 13.2. The number of halogens is 3. The van der Waals surface area contributed by atoms with Crippen LogP contribution in [0.25, 0.3) is 5.69 Å². The van der Waals surface area contributed by atoms with E-state index in [1.807, 2.05) is 36.5 Å². The van der Waals surface area contributed by atoms with Crippen molar-refractivity contribution in [3.63, 3.8) is 0 Å². The molecule has 2 aromatic rings. The molecule has 1 saturated heterocycles. The van der Waals surface area contributed by atoms with Crippen molar-refractivity contribution >= 4 is 6.09 Å². The maximum atomic E-state index is 12.6. The number of hydrogen-bond acceptors (Lipinski definition) is 4. The van der Waals surface area contributed by atoms with Crippen molar-refractivity contribution in [3.05, 3.63) is 47.8 Å². The third-order valence-corrected chi connectivity index (χ3v) is 4.85. The standard InChI is InChI=1S/C20H20F3N3O3/c1-2-14-3-5-16(6-4-14)26-12-9-17(24-26)15-7-10-25(11-8-15)19(28)29-18(13-27)20(21,22)23/h1,3-6,9,12,15,18,27H,7-8,10-11,13H2/t18-/m1/s1. The summed E-state index contributed by atoms with van der Waals surface area (Å²) < 4.78 is 44.1. The normalized spacial score (nSPS) is 16.3. The fraction of sp³-hybridized carbons (Fsp3) is 0.400. The Morgan fingerprint density at radius 1 is 1.28 bits per heavy atom. The molecule has 6 nitrogen and oxygen atoms in total. The van der Waals surface area contributed by atoms with E-state index in [-0.39, 0.29) is 19.0 Å². The van der Waals surface area contributed by atoms with E-state index in [9.17, 15) is 18.0 Å². The number of alkyl halides is 3. The van der Waals surface area contributed by atoms with Crippen LogP contribution in [-0.2, 0) is 4.74 Å². The Labute approximate surface area is 165 Å². The molecule has 0 radical (unpaired) electrons. The van der Waals surface area contributed by atoms with Gasteiger partial charge in [0, 0.05) is 30.8 Å². The highest BCUT2D eigenvalue weighted by Gasteiger charge is 2.43. The number of carbonyl (C=O) groups excluding carboxylic acids is 1. The van der Waals surface area contributed by atoms with Crippen molar-refractivity contribution in [3.8, 4) is 18.0 Å². The molecule has 154 valence electrons. The van der Waals surface area contributed by atoms with Crippen LogP contribution in [0.2, 0.25) is 0 Å². The first-order valence-corrected chi connectivity index (χ1v) is 9.07. The number of piperidine rings is 1. The second kappa shape index (κ2) is 8.57. The summed E-state index contributed by atoms with van der Waals surface area (Å²) >= 11 is 0. The third kappa shape index (κ3) is 4.90. The molecule has 9 heteroatoms. The zero-order chi connectivity index (χ0) is 21.0. The molecule has 29 heavy (non-hydrogen) atoms. The van der Waals surface area contributed by atoms with E-state index in [0.29, 0.717) is 12.8 Å². The number of nitrogens with zero attached hydrogens (tertiary/aromatic N) is 3. The van der Waals surface area contributed by atoms with Gasteiger partial charge in [-0.2, -0.15) is 18.3 Å². The molecule has 0 saturated carbocycles. The third-order valence-electron chi connectivity index (χ3n) is 4.85. The summed E-state index contributed by atoms with van der Waals surface area (Å²) in [6.45, 7) is -0.794. The van der Waals surface area contributed by atoms with Gasteiger partial charge in [-0.05, 0) is 43.2 Å². The van der Waals surface area contributed by atoms with Crippen LogP contribution in [0, 0.1) is 12.3 Å². The summed E-state index contributed by atoms with van der Waals surface area (Å²) in [6, 6.07) is 9.26. The zero-order valence-corrected chi connectivity index (χ0v) is 15.5. The molecular formula is C20H20F3N3O3. The molecule has 0 unspecified atom stereocenters. The number of amides is 1. The van der Waals surface area contributed by atoms with Crippen LogP contribution in [0.3, 0.4) is 0 Å². The van der Waals surface area contributed by atoms with E-state index in [0.717, 1.165) is 16.9 Å². The van der Waals surface area contributed by atoms with E-state index in [1.165, 1.54) is 4.90 Å². The molecule has 0 aliphatic carbocycles. The molecular weight excluding hydrogens is 387 g/mol. The van der Waals surface area contributed by atoms with Gasteiger partial charge in [-0.3, -0.25) is 0 Å². The maximum Gasteiger partial charge on any atom is 0.427 e. The van der Waals surface area contributed by atoms with Crippen LogP contribution < -0.4 is 0 Å². The quantitative estimate of drug-likeness (QED) is 0.791. The molecule has 3 rings (SSSR count). The van der Waals surface area contributed by atoms with Crippen LogP contribution in [0.15, 0.2) is 36.5 Å². The molecule has 1 aromatic carbocycles. The number of hydrogen-bond donors (Lipinski definition) is 1. The Kier molecular flexibility index (Phi) is 6.13. The fourth-order valence-electron chi connectivity index (χ4n) is 3.17. The molecule has 1 fully saturated rings. The van der Waals surface area contributed by atoms with Crippen LogP contribution in [-0.4, -0.2) is 57.9 Å². The van der Waals surface area contributed by atoms with E-state index in [1.54, 1.807) is 4.68 Å². The van der Waals surface area contributed by atoms with Gasteiger partial charge in [0.1, 0.15) is 0 Å². The van der Waals surface area contributed by atoms with Gasteiger partial charge in [-0.25, -0.2) is 9.48 Å². The number of rotatable bonds is 4. The van der Waals surface area contributed by atoms with Crippen molar-refractivity contribution < 1.29 is 27.8 Å². The summed E-state index contributed by atoms with van der Waals surface area (Å²) in [5.41, 5.74) is 2.48. The van der Waals surface area contributed by atoms with Crippen molar-refractivity contribution in [1.82, 2.24) is 14.7 Å². The highest BCUT2D eigenvalue weighted by Crippen LogP contribution is 2.29. The number of benzene rings is 1. The highest BCUT2D eigenvalue weighted by molar-refractivity contribution is 5.68. The SMILES string of the molecule is C#Cc1ccc(-n2ccc(C3CCN(C(=O)O[C@H](CO)C(F)(F)F)CC3)n2)cc1. The number of aliphatic hydroxyl groups excluding tert-OH is 1. The Morgan fingerprint density at radius 2 is 1.93 bits per heavy atom. The lowest BCUT2D eigenvalue weighted by Gasteiger charge is -2.31. The molecule has 0 bridgehead atoms. The first-order chi connectivity index (χ1) is 13.8. The Bertz CT molecular complexity index is 879. The Hall–Kier alpha value is -2.99. The van der Waals surface area contributed by atoms with Gasteiger partial charge in [0.15, 0.2) is 0 Å². The van der Waals surface area contributed by atoms with E-state index in [4.69, 9.17) is 11.5 Å². The largest absolute Gasteiger partial charge is 0.434 e. The topological polar surface area (TPSA) is 67.6 Å². The summed E-state index contributed by atoms with van der Waals surface area (Å²) in [6.07, 6.45) is -0.0905. The predicted octanol–water partition coefficient (Wildman–Crippen LogP) is 3.09. The van der Waals surface area contributed by atoms with E-state index < -0.39 is 25.0 Å². The first-order valence-electron chi connectivity index (χ1n) is 9.07. The number of aromatic nitrogens is 2. The minimum Gasteiger partial charge on any atom is -0.434 e. The van der Waals surface area contributed by atoms with Crippen molar-refractivity contribution in [1.29, 1.82) is 0 Å². The van der Waals surface area contributed by atoms with Crippen molar-refractivity contribution in [2.24, 2.45) is 0 Å². The first kappa shape index (κ1) is 20.7. The van der Waals surface area contributed by atoms with Gasteiger partial charge in [-0.1, -0.05) is 5.92 Å². The molecule has 2 heterocycles. The van der Waals surface area contributed by atoms with Crippen LogP contribution >= 0.6 is 0 Å². The fourth-order valence-corrected chi connectivity index (χ4v) is 3.17. The second-order valence-corrected chi connectivity index (χ2v) is 6.73. The number of likely N-dealkylation sites (tertiary alicyclic amines) is 1. The summed E-state index contributed by atoms with van der Waals surface area (Å²) in [5.74, 6) is 2.64. The smallest absolute Gasteiger partial charge is 0.427 e. The number of carbonyl (C=O) groups is 1. The number of ether oxygens (including phenoxy) is 1. The van der Waals surface area contributed by atoms with Crippen LogP contribution in [0.1, 0.15) is 30.0 Å². The average Bonchev–Trinajstić information content (AvgIpc) is 3.21. The van der Waals surface area contributed by atoms with Gasteiger partial charge in [0.2, 0.25) is 6.10 Å². The van der Waals surface area contributed by atoms with Crippen molar-refractivity contribution in [2.45, 2.75) is 31.0 Å². The minimum atomic E-state index is -4.80. The predicted molar refractivity (Wildman–Crippen MR) is 98.5 cm³/mol. The van der Waals surface area contributed by atoms with Gasteiger partial charge < -0.3 is 14.7 Å². The Balaban J connectivity index is 1.57. The van der Waals surface area contributed by atoms with Crippen LogP contribution in [0.5, 0.6) is 0 Å². The van der Waals surface area contributed by atoms with Crippen LogP contribution in [0.4, 0.5) is 18.0 Å². The van der Waals surface area contributed by atoms with Gasteiger partial charge in [-0.15, -0.1) is 6.42 Å². The monoisotopic (exact) mass is 407 g/mol. The molecule has 0 spiro atoms. The van der Waals surface area contributed by atoms with Gasteiger partial charge in [0.05, 0.1) is 18.0 Å². The molecule has 1 aliphatic heterocycles. The highest BCUT2D eigenvalue weighted by atomic mass is 19.4. The second-order valence-electron chi connectivity index (χ2n) is 6.73. The average molecular weight is 407 g/mol. The van der Waals surface area contributed by atoms with E-state index in [2.05, 4.69) is 15.8 Å². The number of aliphatic hydroxyl groups is 1. The lowest BCUT2D eigenvalue weighted by Crippen LogP contribution is -2.44. The van der Waals surface area contributed by atoms with E-state index >= 15 is 0 Å². The van der Waals surface area contributed by atoms with Gasteiger partial charge in [0.25, 0.3) is 0 Å². The minimum absolute atomic E-state index is 0.0848. The maximum absolute atomic E-state index is 12.6. The summed E-state index contributed by atoms with van der Waals surface area (Å²) in [7, 11) is 0. The molecule has 1 N–H and O–H groups in total. The lowest BCUT2D eigenvalue weighted by atomic mass is 9.94. The molecule has 1 aliphatic rings. The zero-order valence-electron chi connectivity index (χ0n) is 15.5. The Morgan fingerprint density at radius 3 is 2.48 bits per heavy atom. The number of terminal acetylenes is 1. The molecule has 1 aromatic heterocycles.